The van der Waals surface area contributed by atoms with Crippen molar-refractivity contribution in [3.8, 4) is 0 Å². The second kappa shape index (κ2) is 24.9. The van der Waals surface area contributed by atoms with Crippen LogP contribution in [-0.4, -0.2) is 147 Å². The molecule has 0 spiro atoms. The Kier molecular flexibility index (Phi) is 23.2. The van der Waals surface area contributed by atoms with Gasteiger partial charge in [-0.25, -0.2) is 4.79 Å². The number of aliphatic hydroxyl groups is 3. The van der Waals surface area contributed by atoms with E-state index in [0.717, 1.165) is 0 Å². The maximum absolute atomic E-state index is 11.8. The number of unbranched alkanes of at least 4 members (excludes halogenated alkanes) is 1. The molecule has 0 aromatic carbocycles. The summed E-state index contributed by atoms with van der Waals surface area (Å²) < 4.78 is 24.4. The molecule has 1 aliphatic rings. The Morgan fingerprint density at radius 2 is 1.27 bits per heavy atom. The van der Waals surface area contributed by atoms with Crippen molar-refractivity contribution in [3.63, 3.8) is 0 Å². The number of rotatable bonds is 21. The van der Waals surface area contributed by atoms with Gasteiger partial charge in [0.25, 0.3) is 0 Å². The first-order valence-electron chi connectivity index (χ1n) is 13.7. The molecule has 0 saturated carbocycles. The van der Waals surface area contributed by atoms with Gasteiger partial charge in [-0.05, 0) is 12.8 Å². The van der Waals surface area contributed by atoms with Crippen LogP contribution in [0.1, 0.15) is 46.0 Å². The summed E-state index contributed by atoms with van der Waals surface area (Å²) in [7, 11) is 0. The normalized spacial score (nSPS) is 14.2. The third-order valence-electron chi connectivity index (χ3n) is 5.50. The van der Waals surface area contributed by atoms with Gasteiger partial charge in [-0.3, -0.25) is 29.0 Å². The standard InChI is InChI=1S/C15H23NO8.C11H23NO5/c1-11(17)21-9-6-16(7-10-22-12(2)18)5-3-14(19)24-13-4-8-23-15(13)20;13-7-1-2-10-17-11(16)3-4-12(5-8-14)6-9-15/h13H,3-10H2,1-2H3;13-15H,1-10H2. The van der Waals surface area contributed by atoms with E-state index >= 15 is 0 Å². The predicted octanol–water partition coefficient (Wildman–Crippen LogP) is -1.36. The Morgan fingerprint density at radius 1 is 0.732 bits per heavy atom. The summed E-state index contributed by atoms with van der Waals surface area (Å²) in [6.45, 7) is 6.11. The number of carbonyl (C=O) groups excluding carboxylic acids is 5. The highest BCUT2D eigenvalue weighted by molar-refractivity contribution is 5.80. The molecule has 0 aromatic rings. The first kappa shape index (κ1) is 38.1. The average molecular weight is 595 g/mol. The molecule has 0 aromatic heterocycles. The van der Waals surface area contributed by atoms with Crippen LogP contribution in [0.5, 0.6) is 0 Å². The van der Waals surface area contributed by atoms with Crippen LogP contribution in [-0.2, 0) is 47.7 Å². The van der Waals surface area contributed by atoms with E-state index in [2.05, 4.69) is 0 Å². The zero-order valence-electron chi connectivity index (χ0n) is 24.1. The number of esters is 5. The molecule has 15 nitrogen and oxygen atoms in total. The van der Waals surface area contributed by atoms with Crippen molar-refractivity contribution in [1.82, 2.24) is 9.80 Å². The molecular weight excluding hydrogens is 548 g/mol. The first-order valence-corrected chi connectivity index (χ1v) is 13.7. The van der Waals surface area contributed by atoms with Crippen LogP contribution in [0.3, 0.4) is 0 Å². The summed E-state index contributed by atoms with van der Waals surface area (Å²) in [4.78, 5) is 59.5. The molecule has 1 fully saturated rings. The molecule has 0 bridgehead atoms. The molecule has 1 atom stereocenters. The Balaban J connectivity index is 0.000000831. The number of aliphatic hydroxyl groups excluding tert-OH is 3. The van der Waals surface area contributed by atoms with Gasteiger partial charge in [-0.15, -0.1) is 0 Å². The highest BCUT2D eigenvalue weighted by atomic mass is 16.6. The zero-order valence-corrected chi connectivity index (χ0v) is 24.1. The molecule has 1 heterocycles. The van der Waals surface area contributed by atoms with Crippen molar-refractivity contribution in [1.29, 1.82) is 0 Å². The Bertz CT molecular complexity index is 740. The van der Waals surface area contributed by atoms with Crippen molar-refractivity contribution < 1.29 is 63.0 Å². The van der Waals surface area contributed by atoms with E-state index in [-0.39, 0.29) is 58.5 Å². The van der Waals surface area contributed by atoms with E-state index in [4.69, 9.17) is 39.0 Å². The summed E-state index contributed by atoms with van der Waals surface area (Å²) in [6.07, 6.45) is 1.15. The zero-order chi connectivity index (χ0) is 30.9. The van der Waals surface area contributed by atoms with Gasteiger partial charge in [0.1, 0.15) is 13.2 Å². The monoisotopic (exact) mass is 594 g/mol. The summed E-state index contributed by atoms with van der Waals surface area (Å²) in [5.74, 6) is -2.11. The fraction of sp³-hybridized carbons (Fsp3) is 0.808. The lowest BCUT2D eigenvalue weighted by Gasteiger charge is -2.21. The third kappa shape index (κ3) is 22.5. The fourth-order valence-corrected chi connectivity index (χ4v) is 3.36. The van der Waals surface area contributed by atoms with Gasteiger partial charge in [0.2, 0.25) is 6.10 Å². The molecule has 1 rings (SSSR count). The maximum atomic E-state index is 11.8. The van der Waals surface area contributed by atoms with Gasteiger partial charge in [0, 0.05) is 66.1 Å². The Hall–Kier alpha value is -2.85. The minimum absolute atomic E-state index is 0.00550. The van der Waals surface area contributed by atoms with E-state index in [1.807, 2.05) is 0 Å². The molecule has 15 heteroatoms. The van der Waals surface area contributed by atoms with Crippen molar-refractivity contribution in [2.24, 2.45) is 0 Å². The summed E-state index contributed by atoms with van der Waals surface area (Å²) in [6, 6.07) is 0. The Labute approximate surface area is 240 Å². The van der Waals surface area contributed by atoms with Crippen LogP contribution >= 0.6 is 0 Å². The summed E-state index contributed by atoms with van der Waals surface area (Å²) in [5.41, 5.74) is 0. The van der Waals surface area contributed by atoms with E-state index in [1.165, 1.54) is 13.8 Å². The van der Waals surface area contributed by atoms with Gasteiger partial charge in [-0.1, -0.05) is 0 Å². The lowest BCUT2D eigenvalue weighted by molar-refractivity contribution is -0.160. The molecule has 3 N–H and O–H groups in total. The number of ether oxygens (including phenoxy) is 5. The number of nitrogens with zero attached hydrogens (tertiary/aromatic N) is 2. The van der Waals surface area contributed by atoms with Crippen LogP contribution < -0.4 is 0 Å². The second-order valence-corrected chi connectivity index (χ2v) is 8.90. The summed E-state index contributed by atoms with van der Waals surface area (Å²) >= 11 is 0. The lowest BCUT2D eigenvalue weighted by Crippen LogP contribution is -2.34. The van der Waals surface area contributed by atoms with Gasteiger partial charge >= 0.3 is 29.8 Å². The number of hydrogen-bond donors (Lipinski definition) is 3. The highest BCUT2D eigenvalue weighted by Crippen LogP contribution is 2.11. The van der Waals surface area contributed by atoms with Crippen LogP contribution in [0, 0.1) is 0 Å². The van der Waals surface area contributed by atoms with Crippen LogP contribution in [0.15, 0.2) is 0 Å². The maximum Gasteiger partial charge on any atom is 0.347 e. The molecule has 1 aliphatic heterocycles. The van der Waals surface area contributed by atoms with Crippen molar-refractivity contribution in [3.05, 3.63) is 0 Å². The van der Waals surface area contributed by atoms with Crippen molar-refractivity contribution in [2.75, 3.05) is 85.5 Å². The van der Waals surface area contributed by atoms with Crippen LogP contribution in [0.25, 0.3) is 0 Å². The molecule has 1 unspecified atom stereocenters. The largest absolute Gasteiger partial charge is 0.466 e. The van der Waals surface area contributed by atoms with Gasteiger partial charge in [0.15, 0.2) is 0 Å². The molecule has 41 heavy (non-hydrogen) atoms. The van der Waals surface area contributed by atoms with Crippen molar-refractivity contribution >= 4 is 29.8 Å². The lowest BCUT2D eigenvalue weighted by atomic mass is 10.3. The Morgan fingerprint density at radius 3 is 1.73 bits per heavy atom. The fourth-order valence-electron chi connectivity index (χ4n) is 3.36. The predicted molar refractivity (Wildman–Crippen MR) is 142 cm³/mol. The van der Waals surface area contributed by atoms with Crippen molar-refractivity contribution in [2.45, 2.75) is 52.1 Å². The van der Waals surface area contributed by atoms with E-state index in [1.54, 1.807) is 9.80 Å². The number of carbonyl (C=O) groups is 5. The SMILES string of the molecule is CC(=O)OCCN(CCOC(C)=O)CCC(=O)OC1CCOC1=O.O=C(CCN(CCO)CCO)OCCCCO. The van der Waals surface area contributed by atoms with E-state index < -0.39 is 30.0 Å². The molecule has 1 saturated heterocycles. The molecular formula is C26H46N2O13. The van der Waals surface area contributed by atoms with E-state index in [0.29, 0.717) is 65.1 Å². The summed E-state index contributed by atoms with van der Waals surface area (Å²) in [5, 5.41) is 26.1. The third-order valence-corrected chi connectivity index (χ3v) is 5.50. The van der Waals surface area contributed by atoms with Gasteiger partial charge in [-0.2, -0.15) is 0 Å². The highest BCUT2D eigenvalue weighted by Gasteiger charge is 2.30. The van der Waals surface area contributed by atoms with Crippen LogP contribution in [0.4, 0.5) is 0 Å². The van der Waals surface area contributed by atoms with Crippen LogP contribution in [0.2, 0.25) is 0 Å². The van der Waals surface area contributed by atoms with E-state index in [9.17, 15) is 24.0 Å². The topological polar surface area (TPSA) is 199 Å². The van der Waals surface area contributed by atoms with Gasteiger partial charge in [0.05, 0.1) is 39.3 Å². The van der Waals surface area contributed by atoms with Gasteiger partial charge < -0.3 is 39.0 Å². The number of cyclic esters (lactones) is 1. The minimum Gasteiger partial charge on any atom is -0.466 e. The molecule has 238 valence electrons. The second-order valence-electron chi connectivity index (χ2n) is 8.90. The molecule has 0 amide bonds. The first-order chi connectivity index (χ1) is 19.6. The average Bonchev–Trinajstić information content (AvgIpc) is 3.32. The molecule has 0 aliphatic carbocycles. The smallest absolute Gasteiger partial charge is 0.347 e. The quantitative estimate of drug-likeness (QED) is 0.0799. The number of hydrogen-bond acceptors (Lipinski definition) is 15. The molecule has 0 radical (unpaired) electrons. The minimum atomic E-state index is -0.826.